The summed E-state index contributed by atoms with van der Waals surface area (Å²) in [5.41, 5.74) is 0.330. The number of benzene rings is 1. The summed E-state index contributed by atoms with van der Waals surface area (Å²) in [6.45, 7) is 3.12. The first-order valence-corrected chi connectivity index (χ1v) is 9.61. The van der Waals surface area contributed by atoms with Crippen LogP contribution < -0.4 is 5.56 Å². The number of H-pyrrole nitrogens is 1. The quantitative estimate of drug-likeness (QED) is 0.735. The van der Waals surface area contributed by atoms with E-state index >= 15 is 0 Å². The third kappa shape index (κ3) is 3.99. The van der Waals surface area contributed by atoms with Crippen LogP contribution in [0.25, 0.3) is 0 Å². The fourth-order valence-electron chi connectivity index (χ4n) is 3.81. The summed E-state index contributed by atoms with van der Waals surface area (Å²) < 4.78 is 19.9. The number of nitrogens with one attached hydrogen (secondary N) is 1. The lowest BCUT2D eigenvalue weighted by molar-refractivity contribution is 0.0625. The zero-order valence-corrected chi connectivity index (χ0v) is 16.2. The van der Waals surface area contributed by atoms with Gasteiger partial charge in [0.25, 0.3) is 5.91 Å². The van der Waals surface area contributed by atoms with Crippen LogP contribution in [0.5, 0.6) is 0 Å². The van der Waals surface area contributed by atoms with Crippen LogP contribution in [0.4, 0.5) is 4.39 Å². The van der Waals surface area contributed by atoms with Gasteiger partial charge in [-0.05, 0) is 37.5 Å². The number of hydrogen-bond donors (Lipinski definition) is 1. The predicted octanol–water partition coefficient (Wildman–Crippen LogP) is 3.29. The molecular formula is C22H22FN3O3. The van der Waals surface area contributed by atoms with Crippen molar-refractivity contribution >= 4 is 5.91 Å². The number of oxazole rings is 1. The Morgan fingerprint density at radius 3 is 2.90 bits per heavy atom. The molecule has 3 heterocycles. The number of carbonyl (C=O) groups excluding carboxylic acids is 1. The number of rotatable bonds is 4. The lowest BCUT2D eigenvalue weighted by Gasteiger charge is -2.38. The van der Waals surface area contributed by atoms with Crippen molar-refractivity contribution in [2.45, 2.75) is 31.6 Å². The molecule has 1 fully saturated rings. The molecule has 0 unspecified atom stereocenters. The second kappa shape index (κ2) is 7.66. The van der Waals surface area contributed by atoms with Crippen molar-refractivity contribution in [3.63, 3.8) is 0 Å². The molecule has 0 bridgehead atoms. The largest absolute Gasteiger partial charge is 0.445 e. The molecule has 29 heavy (non-hydrogen) atoms. The number of halogens is 1. The third-order valence-electron chi connectivity index (χ3n) is 5.41. The van der Waals surface area contributed by atoms with Gasteiger partial charge in [-0.3, -0.25) is 9.59 Å². The van der Waals surface area contributed by atoms with Crippen LogP contribution in [0.3, 0.4) is 0 Å². The Labute approximate surface area is 167 Å². The molecule has 1 saturated heterocycles. The average Bonchev–Trinajstić information content (AvgIpc) is 3.19. The van der Waals surface area contributed by atoms with Crippen molar-refractivity contribution in [3.8, 4) is 0 Å². The van der Waals surface area contributed by atoms with Gasteiger partial charge in [0.1, 0.15) is 11.6 Å². The molecule has 0 spiro atoms. The summed E-state index contributed by atoms with van der Waals surface area (Å²) in [6.07, 6.45) is 5.05. The van der Waals surface area contributed by atoms with E-state index in [1.165, 1.54) is 24.4 Å². The number of hydrogen-bond acceptors (Lipinski definition) is 4. The molecule has 0 aliphatic carbocycles. The first-order chi connectivity index (χ1) is 13.9. The fourth-order valence-corrected chi connectivity index (χ4v) is 3.81. The fraction of sp³-hybridized carbons (Fsp3) is 0.318. The van der Waals surface area contributed by atoms with E-state index in [0.717, 1.165) is 12.8 Å². The van der Waals surface area contributed by atoms with Gasteiger partial charge < -0.3 is 14.3 Å². The smallest absolute Gasteiger partial charge is 0.255 e. The zero-order valence-electron chi connectivity index (χ0n) is 16.2. The Morgan fingerprint density at radius 1 is 1.31 bits per heavy atom. The summed E-state index contributed by atoms with van der Waals surface area (Å²) in [7, 11) is 0. The van der Waals surface area contributed by atoms with Crippen LogP contribution in [0, 0.1) is 5.82 Å². The van der Waals surface area contributed by atoms with Gasteiger partial charge in [-0.2, -0.15) is 0 Å². The maximum absolute atomic E-state index is 13.9. The lowest BCUT2D eigenvalue weighted by atomic mass is 9.81. The number of likely N-dealkylation sites (tertiary alicyclic amines) is 1. The van der Waals surface area contributed by atoms with Crippen LogP contribution in [0.2, 0.25) is 0 Å². The molecule has 6 nitrogen and oxygen atoms in total. The average molecular weight is 395 g/mol. The monoisotopic (exact) mass is 395 g/mol. The molecule has 0 saturated carbocycles. The topological polar surface area (TPSA) is 79.2 Å². The maximum atomic E-state index is 13.9. The molecule has 3 aromatic rings. The molecule has 1 aliphatic rings. The first-order valence-electron chi connectivity index (χ1n) is 9.61. The highest BCUT2D eigenvalue weighted by Gasteiger charge is 2.38. The standard InChI is InChI=1S/C22H22FN3O3/c1-22(21-25-13-17(29-21)11-15-5-2-3-6-18(15)23)9-4-10-26(14-22)20(28)16-7-8-19(27)24-12-16/h2-3,5-8,12-13H,4,9-11,14H2,1H3,(H,24,27)/t22-/m1/s1. The van der Waals surface area contributed by atoms with E-state index in [0.29, 0.717) is 42.3 Å². The third-order valence-corrected chi connectivity index (χ3v) is 5.41. The van der Waals surface area contributed by atoms with E-state index in [-0.39, 0.29) is 17.3 Å². The number of aromatic nitrogens is 2. The van der Waals surface area contributed by atoms with Gasteiger partial charge in [-0.15, -0.1) is 0 Å². The van der Waals surface area contributed by atoms with E-state index < -0.39 is 5.41 Å². The van der Waals surface area contributed by atoms with Crippen LogP contribution in [0.1, 0.15) is 47.3 Å². The molecule has 7 heteroatoms. The Morgan fingerprint density at radius 2 is 2.14 bits per heavy atom. The van der Waals surface area contributed by atoms with Crippen LogP contribution >= 0.6 is 0 Å². The lowest BCUT2D eigenvalue weighted by Crippen LogP contribution is -2.47. The second-order valence-corrected chi connectivity index (χ2v) is 7.73. The Bertz CT molecular complexity index is 1070. The van der Waals surface area contributed by atoms with Gasteiger partial charge in [-0.1, -0.05) is 18.2 Å². The second-order valence-electron chi connectivity index (χ2n) is 7.73. The normalized spacial score (nSPS) is 19.3. The van der Waals surface area contributed by atoms with Gasteiger partial charge in [0, 0.05) is 31.8 Å². The first kappa shape index (κ1) is 19.1. The predicted molar refractivity (Wildman–Crippen MR) is 105 cm³/mol. The van der Waals surface area contributed by atoms with Crippen molar-refractivity contribution in [1.29, 1.82) is 0 Å². The van der Waals surface area contributed by atoms with Crippen molar-refractivity contribution in [2.75, 3.05) is 13.1 Å². The number of nitrogens with zero attached hydrogens (tertiary/aromatic N) is 2. The zero-order chi connectivity index (χ0) is 20.4. The minimum atomic E-state index is -0.427. The Balaban J connectivity index is 1.51. The summed E-state index contributed by atoms with van der Waals surface area (Å²) in [6, 6.07) is 9.48. The number of aromatic amines is 1. The van der Waals surface area contributed by atoms with Gasteiger partial charge in [0.15, 0.2) is 0 Å². The maximum Gasteiger partial charge on any atom is 0.255 e. The van der Waals surface area contributed by atoms with Crippen molar-refractivity contribution in [2.24, 2.45) is 0 Å². The Kier molecular flexibility index (Phi) is 5.05. The van der Waals surface area contributed by atoms with Crippen molar-refractivity contribution < 1.29 is 13.6 Å². The van der Waals surface area contributed by atoms with E-state index in [1.807, 2.05) is 6.92 Å². The molecule has 4 rings (SSSR count). The minimum absolute atomic E-state index is 0.134. The van der Waals surface area contributed by atoms with Crippen molar-refractivity contribution in [1.82, 2.24) is 14.9 Å². The molecular weight excluding hydrogens is 373 g/mol. The van der Waals surface area contributed by atoms with Crippen LogP contribution in [-0.4, -0.2) is 33.9 Å². The number of pyridine rings is 1. The molecule has 1 amide bonds. The van der Waals surface area contributed by atoms with E-state index in [2.05, 4.69) is 9.97 Å². The highest BCUT2D eigenvalue weighted by molar-refractivity contribution is 5.94. The SMILES string of the molecule is C[C@@]1(c2ncc(Cc3ccccc3F)o2)CCCN(C(=O)c2ccc(=O)[nH]c2)C1. The molecule has 150 valence electrons. The van der Waals surface area contributed by atoms with Gasteiger partial charge >= 0.3 is 0 Å². The highest BCUT2D eigenvalue weighted by Crippen LogP contribution is 2.34. The summed E-state index contributed by atoms with van der Waals surface area (Å²) in [4.78, 5) is 32.8. The molecule has 1 atom stereocenters. The number of amides is 1. The van der Waals surface area contributed by atoms with Crippen LogP contribution in [-0.2, 0) is 11.8 Å². The molecule has 0 radical (unpaired) electrons. The highest BCUT2D eigenvalue weighted by atomic mass is 19.1. The van der Waals surface area contributed by atoms with Gasteiger partial charge in [0.2, 0.25) is 11.4 Å². The van der Waals surface area contributed by atoms with E-state index in [4.69, 9.17) is 4.42 Å². The molecule has 1 aliphatic heterocycles. The molecule has 1 aromatic carbocycles. The summed E-state index contributed by atoms with van der Waals surface area (Å²) in [5.74, 6) is 0.746. The summed E-state index contributed by atoms with van der Waals surface area (Å²) >= 11 is 0. The van der Waals surface area contributed by atoms with E-state index in [1.54, 1.807) is 29.3 Å². The molecule has 1 N–H and O–H groups in total. The summed E-state index contributed by atoms with van der Waals surface area (Å²) in [5, 5.41) is 0. The number of piperidine rings is 1. The minimum Gasteiger partial charge on any atom is -0.445 e. The van der Waals surface area contributed by atoms with Gasteiger partial charge in [0.05, 0.1) is 17.2 Å². The van der Waals surface area contributed by atoms with Crippen LogP contribution in [0.15, 0.2) is 58.0 Å². The number of carbonyl (C=O) groups is 1. The Hall–Kier alpha value is -3.22. The van der Waals surface area contributed by atoms with E-state index in [9.17, 15) is 14.0 Å². The molecule has 2 aromatic heterocycles. The van der Waals surface area contributed by atoms with Gasteiger partial charge in [-0.25, -0.2) is 9.37 Å². The van der Waals surface area contributed by atoms with Crippen molar-refractivity contribution in [3.05, 3.63) is 87.7 Å².